The molecule has 0 spiro atoms. The number of rotatable bonds is 12. The molecule has 45 heavy (non-hydrogen) atoms. The van der Waals surface area contributed by atoms with E-state index in [9.17, 15) is 4.79 Å². The van der Waals surface area contributed by atoms with Gasteiger partial charge in [0.1, 0.15) is 5.82 Å². The highest BCUT2D eigenvalue weighted by Crippen LogP contribution is 2.39. The topological polar surface area (TPSA) is 70.7 Å². The first kappa shape index (κ1) is 32.8. The molecule has 0 saturated carbocycles. The molecule has 5 rings (SSSR count). The number of para-hydroxylation sites is 2. The highest BCUT2D eigenvalue weighted by atomic mass is 35.5. The number of carbonyl (C=O) groups is 1. The molecule has 1 aliphatic heterocycles. The van der Waals surface area contributed by atoms with Gasteiger partial charge in [0.15, 0.2) is 11.5 Å². The standard InChI is InChI=1S/C37H47ClN4O3/c1-25(2)18-21-42(36(43)28-16-17-32(44-5)34(45-6)33(28)38)31(35-39-29-14-9-10-15-30(29)40-35)22-26-12-7-8-13-27(26)23-41-20-11-19-37(3,4)24-41/h7-10,12-17,25,31H,11,18-24H2,1-6H3,(H,39,40). The summed E-state index contributed by atoms with van der Waals surface area (Å²) in [5.41, 5.74) is 5.01. The summed E-state index contributed by atoms with van der Waals surface area (Å²) in [5.74, 6) is 1.83. The average molecular weight is 631 g/mol. The molecule has 1 N–H and O–H groups in total. The summed E-state index contributed by atoms with van der Waals surface area (Å²) in [5, 5.41) is 0.243. The Bertz CT molecular complexity index is 1580. The first-order valence-electron chi connectivity index (χ1n) is 16.1. The zero-order valence-corrected chi connectivity index (χ0v) is 28.3. The number of nitrogens with zero attached hydrogens (tertiary/aromatic N) is 3. The van der Waals surface area contributed by atoms with Crippen LogP contribution in [-0.4, -0.2) is 59.5 Å². The van der Waals surface area contributed by atoms with Crippen molar-refractivity contribution in [3.63, 3.8) is 0 Å². The molecule has 0 radical (unpaired) electrons. The van der Waals surface area contributed by atoms with E-state index in [0.717, 1.165) is 42.9 Å². The molecule has 7 nitrogen and oxygen atoms in total. The molecule has 0 bridgehead atoms. The first-order valence-corrected chi connectivity index (χ1v) is 16.4. The molecule has 3 aromatic carbocycles. The van der Waals surface area contributed by atoms with Crippen LogP contribution in [0.4, 0.5) is 0 Å². The van der Waals surface area contributed by atoms with Gasteiger partial charge in [0.2, 0.25) is 0 Å². The predicted octanol–water partition coefficient (Wildman–Crippen LogP) is 8.33. The van der Waals surface area contributed by atoms with Gasteiger partial charge in [-0.2, -0.15) is 0 Å². The Morgan fingerprint density at radius 2 is 1.78 bits per heavy atom. The number of H-pyrrole nitrogens is 1. The van der Waals surface area contributed by atoms with Gasteiger partial charge in [0, 0.05) is 26.1 Å². The van der Waals surface area contributed by atoms with E-state index in [0.29, 0.717) is 41.4 Å². The summed E-state index contributed by atoms with van der Waals surface area (Å²) in [6, 6.07) is 19.8. The monoisotopic (exact) mass is 630 g/mol. The van der Waals surface area contributed by atoms with Crippen LogP contribution in [0.2, 0.25) is 5.02 Å². The number of methoxy groups -OCH3 is 2. The Morgan fingerprint density at radius 3 is 2.47 bits per heavy atom. The minimum Gasteiger partial charge on any atom is -0.493 e. The largest absolute Gasteiger partial charge is 0.493 e. The third-order valence-electron chi connectivity index (χ3n) is 8.93. The molecular formula is C37H47ClN4O3. The number of benzene rings is 3. The van der Waals surface area contributed by atoms with Crippen molar-refractivity contribution in [3.05, 3.63) is 88.2 Å². The van der Waals surface area contributed by atoms with E-state index >= 15 is 0 Å². The lowest BCUT2D eigenvalue weighted by molar-refractivity contribution is 0.0655. The number of fused-ring (bicyclic) bond motifs is 1. The van der Waals surface area contributed by atoms with Gasteiger partial charge in [-0.3, -0.25) is 9.69 Å². The molecule has 1 aliphatic rings. The average Bonchev–Trinajstić information content (AvgIpc) is 3.44. The quantitative estimate of drug-likeness (QED) is 0.170. The molecule has 1 atom stereocenters. The van der Waals surface area contributed by atoms with Crippen molar-refractivity contribution in [1.29, 1.82) is 0 Å². The number of imidazole rings is 1. The molecule has 1 aromatic heterocycles. The molecule has 1 fully saturated rings. The van der Waals surface area contributed by atoms with Crippen molar-refractivity contribution in [2.75, 3.05) is 33.9 Å². The van der Waals surface area contributed by atoms with Crippen molar-refractivity contribution in [3.8, 4) is 11.5 Å². The fourth-order valence-electron chi connectivity index (χ4n) is 6.53. The lowest BCUT2D eigenvalue weighted by Gasteiger charge is -2.38. The second-order valence-corrected chi connectivity index (χ2v) is 13.8. The Labute approximate surface area is 272 Å². The molecule has 8 heteroatoms. The maximum atomic E-state index is 14.6. The van der Waals surface area contributed by atoms with Crippen LogP contribution in [0.5, 0.6) is 11.5 Å². The van der Waals surface area contributed by atoms with Crippen molar-refractivity contribution < 1.29 is 14.3 Å². The van der Waals surface area contributed by atoms with E-state index in [2.05, 4.69) is 61.8 Å². The number of likely N-dealkylation sites (tertiary alicyclic amines) is 1. The first-order chi connectivity index (χ1) is 21.6. The molecular weight excluding hydrogens is 584 g/mol. The van der Waals surface area contributed by atoms with Crippen molar-refractivity contribution in [2.45, 2.75) is 66.0 Å². The highest BCUT2D eigenvalue weighted by molar-refractivity contribution is 6.35. The SMILES string of the molecule is COc1ccc(C(=O)N(CCC(C)C)C(Cc2ccccc2CN2CCCC(C)(C)C2)c2nc3ccccc3[nH]2)c(Cl)c1OC. The summed E-state index contributed by atoms with van der Waals surface area (Å²) in [6.07, 6.45) is 3.91. The number of nitrogens with one attached hydrogen (secondary N) is 1. The van der Waals surface area contributed by atoms with E-state index in [1.54, 1.807) is 19.2 Å². The molecule has 4 aromatic rings. The minimum atomic E-state index is -0.355. The Kier molecular flexibility index (Phi) is 10.4. The van der Waals surface area contributed by atoms with Crippen LogP contribution in [0.3, 0.4) is 0 Å². The molecule has 1 unspecified atom stereocenters. The number of aromatic nitrogens is 2. The van der Waals surface area contributed by atoms with Crippen molar-refractivity contribution in [1.82, 2.24) is 19.8 Å². The zero-order chi connectivity index (χ0) is 32.1. The van der Waals surface area contributed by atoms with Crippen LogP contribution in [0, 0.1) is 11.3 Å². The lowest BCUT2D eigenvalue weighted by atomic mass is 9.84. The Hall–Kier alpha value is -3.55. The van der Waals surface area contributed by atoms with Crippen molar-refractivity contribution >= 4 is 28.5 Å². The maximum Gasteiger partial charge on any atom is 0.256 e. The Morgan fingerprint density at radius 1 is 1.04 bits per heavy atom. The van der Waals surface area contributed by atoms with Crippen LogP contribution in [0.25, 0.3) is 11.0 Å². The van der Waals surface area contributed by atoms with Gasteiger partial charge in [-0.05, 0) is 72.5 Å². The summed E-state index contributed by atoms with van der Waals surface area (Å²) in [4.78, 5) is 27.8. The molecule has 2 heterocycles. The van der Waals surface area contributed by atoms with Gasteiger partial charge >= 0.3 is 0 Å². The number of hydrogen-bond acceptors (Lipinski definition) is 5. The van der Waals surface area contributed by atoms with Crippen LogP contribution < -0.4 is 9.47 Å². The normalized spacial score (nSPS) is 15.7. The van der Waals surface area contributed by atoms with E-state index in [-0.39, 0.29) is 17.0 Å². The summed E-state index contributed by atoms with van der Waals surface area (Å²) < 4.78 is 11.0. The van der Waals surface area contributed by atoms with Crippen LogP contribution in [0.15, 0.2) is 60.7 Å². The summed E-state index contributed by atoms with van der Waals surface area (Å²) >= 11 is 6.84. The maximum absolute atomic E-state index is 14.6. The molecule has 1 amide bonds. The fraction of sp³-hybridized carbons (Fsp3) is 0.459. The fourth-order valence-corrected chi connectivity index (χ4v) is 6.84. The highest BCUT2D eigenvalue weighted by Gasteiger charge is 2.32. The van der Waals surface area contributed by atoms with Crippen LogP contribution in [-0.2, 0) is 13.0 Å². The number of piperidine rings is 1. The van der Waals surface area contributed by atoms with Gasteiger partial charge in [0.05, 0.1) is 41.9 Å². The Balaban J connectivity index is 1.58. The third kappa shape index (κ3) is 7.64. The third-order valence-corrected chi connectivity index (χ3v) is 9.30. The number of halogens is 1. The second kappa shape index (κ2) is 14.3. The lowest BCUT2D eigenvalue weighted by Crippen LogP contribution is -2.40. The van der Waals surface area contributed by atoms with Gasteiger partial charge in [-0.1, -0.05) is 75.7 Å². The smallest absolute Gasteiger partial charge is 0.256 e. The summed E-state index contributed by atoms with van der Waals surface area (Å²) in [7, 11) is 3.09. The van der Waals surface area contributed by atoms with Crippen LogP contribution >= 0.6 is 11.6 Å². The summed E-state index contributed by atoms with van der Waals surface area (Å²) in [6.45, 7) is 12.7. The van der Waals surface area contributed by atoms with E-state index in [4.69, 9.17) is 26.1 Å². The van der Waals surface area contributed by atoms with Crippen molar-refractivity contribution in [2.24, 2.45) is 11.3 Å². The number of amides is 1. The number of aromatic amines is 1. The van der Waals surface area contributed by atoms with Gasteiger partial charge in [0.25, 0.3) is 5.91 Å². The van der Waals surface area contributed by atoms with Gasteiger partial charge < -0.3 is 19.4 Å². The van der Waals surface area contributed by atoms with E-state index in [1.807, 2.05) is 29.2 Å². The second-order valence-electron chi connectivity index (χ2n) is 13.4. The van der Waals surface area contributed by atoms with Crippen LogP contribution in [0.1, 0.15) is 80.3 Å². The predicted molar refractivity (Wildman–Crippen MR) is 182 cm³/mol. The van der Waals surface area contributed by atoms with E-state index in [1.165, 1.54) is 31.1 Å². The zero-order valence-electron chi connectivity index (χ0n) is 27.5. The number of carbonyl (C=O) groups excluding carboxylic acids is 1. The molecule has 240 valence electrons. The molecule has 0 aliphatic carbocycles. The van der Waals surface area contributed by atoms with Gasteiger partial charge in [-0.15, -0.1) is 0 Å². The number of hydrogen-bond donors (Lipinski definition) is 1. The van der Waals surface area contributed by atoms with Gasteiger partial charge in [-0.25, -0.2) is 4.98 Å². The minimum absolute atomic E-state index is 0.165. The molecule has 1 saturated heterocycles. The number of ether oxygens (including phenoxy) is 2. The van der Waals surface area contributed by atoms with E-state index < -0.39 is 0 Å².